The normalized spacial score (nSPS) is 14.6. The third kappa shape index (κ3) is 75.4. The van der Waals surface area contributed by atoms with Crippen LogP contribution in [0, 0.1) is 0 Å². The van der Waals surface area contributed by atoms with E-state index in [0.717, 1.165) is 205 Å². The zero-order chi connectivity index (χ0) is 76.0. The van der Waals surface area contributed by atoms with Gasteiger partial charge in [0.1, 0.15) is 19.3 Å². The lowest BCUT2D eigenvalue weighted by Gasteiger charge is -2.21. The number of ether oxygens (including phenoxy) is 4. The van der Waals surface area contributed by atoms with Crippen LogP contribution in [0.1, 0.15) is 323 Å². The number of unbranched alkanes of at least 4 members (excludes halogenated alkanes) is 27. The Kier molecular flexibility index (Phi) is 72.9. The van der Waals surface area contributed by atoms with Crippen LogP contribution < -0.4 is 0 Å². The molecule has 0 saturated carbocycles. The number of hydrogen-bond donors (Lipinski definition) is 3. The average Bonchev–Trinajstić information content (AvgIpc) is 0.937. The van der Waals surface area contributed by atoms with Gasteiger partial charge in [-0.2, -0.15) is 0 Å². The van der Waals surface area contributed by atoms with Crippen molar-refractivity contribution in [3.63, 3.8) is 0 Å². The molecule has 0 aromatic carbocycles. The first kappa shape index (κ1) is 99.2. The molecule has 0 heterocycles. The highest BCUT2D eigenvalue weighted by atomic mass is 31.2. The predicted molar refractivity (Wildman–Crippen MR) is 427 cm³/mol. The number of carbonyl (C=O) groups excluding carboxylic acids is 4. The second-order valence-electron chi connectivity index (χ2n) is 26.6. The van der Waals surface area contributed by atoms with Crippen LogP contribution in [0.4, 0.5) is 0 Å². The molecule has 5 unspecified atom stereocenters. The average molecular weight is 1500 g/mol. The monoisotopic (exact) mass is 1500 g/mol. The molecule has 0 amide bonds. The maximum absolute atomic E-state index is 13.1. The van der Waals surface area contributed by atoms with E-state index in [4.69, 9.17) is 37.0 Å². The Morgan fingerprint density at radius 2 is 0.500 bits per heavy atom. The maximum Gasteiger partial charge on any atom is 0.472 e. The first-order valence-electron chi connectivity index (χ1n) is 40.4. The molecule has 3 N–H and O–H groups in total. The van der Waals surface area contributed by atoms with Crippen molar-refractivity contribution in [1.29, 1.82) is 0 Å². The number of hydrogen-bond acceptors (Lipinski definition) is 15. The highest BCUT2D eigenvalue weighted by molar-refractivity contribution is 7.47. The number of aliphatic hydroxyl groups excluding tert-OH is 1. The van der Waals surface area contributed by atoms with Crippen LogP contribution in [-0.4, -0.2) is 96.7 Å². The smallest absolute Gasteiger partial charge is 0.462 e. The topological polar surface area (TPSA) is 237 Å². The second kappa shape index (κ2) is 76.4. The van der Waals surface area contributed by atoms with Gasteiger partial charge in [-0.3, -0.25) is 37.3 Å². The minimum Gasteiger partial charge on any atom is -0.462 e. The molecule has 17 nitrogen and oxygen atoms in total. The molecule has 0 aliphatic carbocycles. The van der Waals surface area contributed by atoms with E-state index in [9.17, 15) is 43.2 Å². The molecule has 0 fully saturated rings. The summed E-state index contributed by atoms with van der Waals surface area (Å²) in [4.78, 5) is 73.1. The number of phosphoric ester groups is 2. The van der Waals surface area contributed by atoms with Crippen LogP contribution >= 0.6 is 15.6 Å². The van der Waals surface area contributed by atoms with E-state index in [1.54, 1.807) is 0 Å². The Bertz CT molecular complexity index is 2490. The summed E-state index contributed by atoms with van der Waals surface area (Å²) in [6.07, 6.45) is 85.6. The van der Waals surface area contributed by atoms with Crippen LogP contribution in [0.15, 0.2) is 134 Å². The Hall–Kier alpha value is -4.80. The van der Waals surface area contributed by atoms with Crippen LogP contribution in [0.2, 0.25) is 0 Å². The molecule has 0 radical (unpaired) electrons. The van der Waals surface area contributed by atoms with Gasteiger partial charge in [0.05, 0.1) is 26.4 Å². The van der Waals surface area contributed by atoms with Crippen molar-refractivity contribution in [3.05, 3.63) is 134 Å². The van der Waals surface area contributed by atoms with E-state index in [1.807, 2.05) is 0 Å². The second-order valence-corrected chi connectivity index (χ2v) is 29.5. The fraction of sp³-hybridized carbons (Fsp3) is 0.694. The molecule has 19 heteroatoms. The van der Waals surface area contributed by atoms with Gasteiger partial charge < -0.3 is 33.8 Å². The summed E-state index contributed by atoms with van der Waals surface area (Å²) in [5.74, 6) is -2.24. The Morgan fingerprint density at radius 3 is 0.769 bits per heavy atom. The molecule has 0 aromatic rings. The van der Waals surface area contributed by atoms with E-state index in [0.29, 0.717) is 25.7 Å². The van der Waals surface area contributed by atoms with Gasteiger partial charge in [-0.25, -0.2) is 9.13 Å². The molecule has 0 spiro atoms. The summed E-state index contributed by atoms with van der Waals surface area (Å²) in [6, 6.07) is 0. The van der Waals surface area contributed by atoms with E-state index < -0.39 is 97.5 Å². The van der Waals surface area contributed by atoms with Gasteiger partial charge in [-0.15, -0.1) is 0 Å². The van der Waals surface area contributed by atoms with Crippen molar-refractivity contribution in [2.75, 3.05) is 39.6 Å². The Morgan fingerprint density at radius 1 is 0.279 bits per heavy atom. The lowest BCUT2D eigenvalue weighted by atomic mass is 10.1. The van der Waals surface area contributed by atoms with Gasteiger partial charge in [0.25, 0.3) is 0 Å². The third-order valence-corrected chi connectivity index (χ3v) is 18.5. The van der Waals surface area contributed by atoms with E-state index in [2.05, 4.69) is 161 Å². The van der Waals surface area contributed by atoms with Crippen molar-refractivity contribution >= 4 is 39.5 Å². The molecule has 0 aliphatic heterocycles. The van der Waals surface area contributed by atoms with Crippen molar-refractivity contribution in [3.8, 4) is 0 Å². The predicted octanol–water partition coefficient (Wildman–Crippen LogP) is 23.7. The zero-order valence-electron chi connectivity index (χ0n) is 65.2. The third-order valence-electron chi connectivity index (χ3n) is 16.6. The summed E-state index contributed by atoms with van der Waals surface area (Å²) in [7, 11) is -9.98. The van der Waals surface area contributed by atoms with Crippen LogP contribution in [0.3, 0.4) is 0 Å². The highest BCUT2D eigenvalue weighted by Gasteiger charge is 2.30. The van der Waals surface area contributed by atoms with Crippen LogP contribution in [-0.2, 0) is 65.4 Å². The molecule has 0 rings (SSSR count). The van der Waals surface area contributed by atoms with Crippen molar-refractivity contribution in [2.24, 2.45) is 0 Å². The minimum atomic E-state index is -4.99. The van der Waals surface area contributed by atoms with Crippen molar-refractivity contribution in [2.45, 2.75) is 341 Å². The molecule has 0 aliphatic rings. The van der Waals surface area contributed by atoms with E-state index in [1.165, 1.54) is 38.5 Å². The van der Waals surface area contributed by atoms with Gasteiger partial charge in [0.15, 0.2) is 12.2 Å². The minimum absolute atomic E-state index is 0.0702. The fourth-order valence-electron chi connectivity index (χ4n) is 10.5. The number of carbonyl (C=O) groups is 4. The summed E-state index contributed by atoms with van der Waals surface area (Å²) >= 11 is 0. The van der Waals surface area contributed by atoms with Gasteiger partial charge in [0, 0.05) is 25.7 Å². The van der Waals surface area contributed by atoms with Gasteiger partial charge in [0.2, 0.25) is 0 Å². The van der Waals surface area contributed by atoms with Gasteiger partial charge in [-0.05, 0) is 161 Å². The standard InChI is InChI=1S/C85H144O17P2/c1-5-9-13-17-21-25-29-33-37-39-43-45-49-53-57-61-65-69-82(87)95-75-80(101-84(89)71-67-63-59-55-51-47-41-35-31-27-23-19-15-11-7-3)77-99-103(91,92)97-73-79(86)74-98-104(93,94)100-78-81(102-85(90)72-68-64-60-56-52-48-42-36-32-28-24-20-16-12-8-4)76-96-83(88)70-66-62-58-54-50-46-44-40-38-34-30-26-22-18-14-10-6-2/h9-10,13-14,21-28,33-38,41-43,45,79-81,86H,5-8,11-12,15-20,29-32,39-40,44,46-78H2,1-4H3,(H,91,92)(H,93,94)/b13-9-,14-10-,25-21-,26-22-,27-23-,28-24-,37-33-,38-34-,41-35-,42-36-,45-43-. The van der Waals surface area contributed by atoms with Crippen LogP contribution in [0.5, 0.6) is 0 Å². The molecule has 0 bridgehead atoms. The largest absolute Gasteiger partial charge is 0.472 e. The summed E-state index contributed by atoms with van der Waals surface area (Å²) in [5.41, 5.74) is 0. The molecule has 0 saturated heterocycles. The van der Waals surface area contributed by atoms with E-state index in [-0.39, 0.29) is 25.7 Å². The van der Waals surface area contributed by atoms with Crippen molar-refractivity contribution < 1.29 is 80.2 Å². The SMILES string of the molecule is CC/C=C\C/C=C\C/C=C\C/C=C\CCCCCCC(=O)OCC(COP(=O)(O)OCC(O)COP(=O)(O)OCC(COC(=O)CCCCCCCCC/C=C\C/C=C\C/C=C\CC)OC(=O)CCCCCCC/C=C\C/C=C\CCCCC)OC(=O)CCCCCCC/C=C\C/C=C\CCCCC. The quantitative estimate of drug-likeness (QED) is 0.0169. The molecular weight excluding hydrogens is 1350 g/mol. The number of rotatable bonds is 75. The first-order valence-corrected chi connectivity index (χ1v) is 43.4. The van der Waals surface area contributed by atoms with Crippen LogP contribution in [0.25, 0.3) is 0 Å². The molecule has 0 aromatic heterocycles. The number of allylic oxidation sites excluding steroid dienone is 22. The van der Waals surface area contributed by atoms with E-state index >= 15 is 0 Å². The summed E-state index contributed by atoms with van der Waals surface area (Å²) in [5, 5.41) is 10.6. The lowest BCUT2D eigenvalue weighted by Crippen LogP contribution is -2.30. The summed E-state index contributed by atoms with van der Waals surface area (Å²) in [6.45, 7) is 4.55. The molecule has 5 atom stereocenters. The molecule has 104 heavy (non-hydrogen) atoms. The lowest BCUT2D eigenvalue weighted by molar-refractivity contribution is -0.161. The van der Waals surface area contributed by atoms with Crippen molar-refractivity contribution in [1.82, 2.24) is 0 Å². The molecule has 596 valence electrons. The fourth-order valence-corrected chi connectivity index (χ4v) is 12.0. The van der Waals surface area contributed by atoms with Gasteiger partial charge >= 0.3 is 39.5 Å². The number of phosphoric acid groups is 2. The Labute approximate surface area is 631 Å². The number of esters is 4. The first-order chi connectivity index (χ1) is 50.7. The zero-order valence-corrected chi connectivity index (χ0v) is 66.9. The van der Waals surface area contributed by atoms with Gasteiger partial charge in [-0.1, -0.05) is 271 Å². The number of aliphatic hydroxyl groups is 1. The molecular formula is C85H144O17P2. The highest BCUT2D eigenvalue weighted by Crippen LogP contribution is 2.45. The summed E-state index contributed by atoms with van der Waals surface area (Å²) < 4.78 is 68.6. The Balaban J connectivity index is 5.41. The maximum atomic E-state index is 13.1.